The van der Waals surface area contributed by atoms with Gasteiger partial charge in [-0.3, -0.25) is 0 Å². The molecule has 0 unspecified atom stereocenters. The second-order valence-electron chi connectivity index (χ2n) is 6.50. The highest BCUT2D eigenvalue weighted by atomic mass is 35.5. The molecule has 0 amide bonds. The number of aromatic nitrogens is 1. The molecule has 0 bridgehead atoms. The lowest BCUT2D eigenvalue weighted by molar-refractivity contribution is -0.286. The summed E-state index contributed by atoms with van der Waals surface area (Å²) in [4.78, 5) is 4.55. The van der Waals surface area contributed by atoms with Gasteiger partial charge in [0.1, 0.15) is 5.82 Å². The third kappa shape index (κ3) is 2.80. The Bertz CT molecular complexity index is 1040. The summed E-state index contributed by atoms with van der Waals surface area (Å²) < 4.78 is 35.1. The molecule has 0 atom stereocenters. The van der Waals surface area contributed by atoms with E-state index in [9.17, 15) is 8.78 Å². The number of nitrogens with one attached hydrogen (secondary N) is 1. The number of benzene rings is 2. The van der Waals surface area contributed by atoms with Crippen molar-refractivity contribution < 1.29 is 18.3 Å². The summed E-state index contributed by atoms with van der Waals surface area (Å²) >= 11 is 6.41. The maximum Gasteiger partial charge on any atom is 0.586 e. The van der Waals surface area contributed by atoms with Crippen LogP contribution in [0.4, 0.5) is 20.3 Å². The molecule has 1 saturated carbocycles. The number of halogens is 3. The summed E-state index contributed by atoms with van der Waals surface area (Å²) in [5.41, 5.74) is 2.51. The van der Waals surface area contributed by atoms with Crippen molar-refractivity contribution in [1.29, 1.82) is 0 Å². The number of alkyl halides is 2. The normalized spacial score (nSPS) is 17.5. The van der Waals surface area contributed by atoms with Gasteiger partial charge in [-0.25, -0.2) is 4.98 Å². The summed E-state index contributed by atoms with van der Waals surface area (Å²) in [6.07, 6.45) is -1.22. The first-order valence-electron chi connectivity index (χ1n) is 8.24. The number of hydrogen-bond donors (Lipinski definition) is 1. The molecule has 0 saturated heterocycles. The third-order valence-corrected chi connectivity index (χ3v) is 4.78. The minimum atomic E-state index is -3.63. The molecular formula is C19H13ClF2N2O2. The largest absolute Gasteiger partial charge is 0.586 e. The molecule has 2 aromatic carbocycles. The van der Waals surface area contributed by atoms with E-state index >= 15 is 0 Å². The fourth-order valence-corrected chi connectivity index (χ4v) is 3.39. The maximum absolute atomic E-state index is 13.1. The number of anilines is 2. The number of rotatable bonds is 3. The van der Waals surface area contributed by atoms with Gasteiger partial charge in [-0.2, -0.15) is 0 Å². The molecule has 1 aliphatic heterocycles. The highest BCUT2D eigenvalue weighted by molar-refractivity contribution is 6.35. The summed E-state index contributed by atoms with van der Waals surface area (Å²) in [5.74, 6) is 1.15. The average Bonchev–Trinajstić information content (AvgIpc) is 3.38. The molecule has 1 aliphatic carbocycles. The van der Waals surface area contributed by atoms with Gasteiger partial charge in [-0.15, -0.1) is 8.78 Å². The van der Waals surface area contributed by atoms with Crippen LogP contribution in [-0.4, -0.2) is 11.3 Å². The Kier molecular flexibility index (Phi) is 3.28. The molecule has 0 radical (unpaired) electrons. The van der Waals surface area contributed by atoms with Gasteiger partial charge in [-0.05, 0) is 60.7 Å². The second-order valence-corrected chi connectivity index (χ2v) is 6.91. The van der Waals surface area contributed by atoms with Crippen LogP contribution in [0, 0.1) is 0 Å². The van der Waals surface area contributed by atoms with E-state index in [0.717, 1.165) is 5.39 Å². The average molecular weight is 375 g/mol. The smallest absolute Gasteiger partial charge is 0.395 e. The van der Waals surface area contributed by atoms with Gasteiger partial charge < -0.3 is 14.8 Å². The molecule has 0 spiro atoms. The predicted octanol–water partition coefficient (Wildman–Crippen LogP) is 5.83. The van der Waals surface area contributed by atoms with E-state index in [1.165, 1.54) is 30.5 Å². The third-order valence-electron chi connectivity index (χ3n) is 4.49. The first kappa shape index (κ1) is 15.6. The standard InChI is InChI=1S/C19H13ClF2N2O2/c20-14-8-12(10-1-2-10)7-11-3-6-17(24-18(11)14)23-13-4-5-15-16(9-13)26-19(21,22)25-15/h3-10H,1-2H2,(H,23,24). The van der Waals surface area contributed by atoms with Crippen LogP contribution in [0.3, 0.4) is 0 Å². The second kappa shape index (κ2) is 5.45. The lowest BCUT2D eigenvalue weighted by Crippen LogP contribution is -2.25. The SMILES string of the molecule is FC1(F)Oc2ccc(Nc3ccc4cc(C5CC5)cc(Cl)c4n3)cc2O1. The van der Waals surface area contributed by atoms with E-state index in [1.807, 2.05) is 18.2 Å². The molecular weight excluding hydrogens is 362 g/mol. The summed E-state index contributed by atoms with van der Waals surface area (Å²) in [6, 6.07) is 12.4. The van der Waals surface area contributed by atoms with Crippen molar-refractivity contribution >= 4 is 34.0 Å². The minimum absolute atomic E-state index is 0.00247. The molecule has 4 nitrogen and oxygen atoms in total. The van der Waals surface area contributed by atoms with Crippen LogP contribution in [0.25, 0.3) is 10.9 Å². The van der Waals surface area contributed by atoms with Gasteiger partial charge in [0.05, 0.1) is 10.5 Å². The zero-order valence-electron chi connectivity index (χ0n) is 13.4. The zero-order chi connectivity index (χ0) is 17.9. The lowest BCUT2D eigenvalue weighted by Gasteiger charge is -2.09. The van der Waals surface area contributed by atoms with Crippen LogP contribution in [0.1, 0.15) is 24.3 Å². The number of fused-ring (bicyclic) bond motifs is 2. The summed E-state index contributed by atoms with van der Waals surface area (Å²) in [7, 11) is 0. The van der Waals surface area contributed by atoms with Crippen molar-refractivity contribution in [3.63, 3.8) is 0 Å². The van der Waals surface area contributed by atoms with Crippen molar-refractivity contribution in [3.05, 3.63) is 53.1 Å². The lowest BCUT2D eigenvalue weighted by atomic mass is 10.1. The minimum Gasteiger partial charge on any atom is -0.395 e. The van der Waals surface area contributed by atoms with Crippen molar-refractivity contribution in [2.75, 3.05) is 5.32 Å². The first-order chi connectivity index (χ1) is 12.5. The van der Waals surface area contributed by atoms with E-state index in [2.05, 4.69) is 25.8 Å². The Morgan fingerprint density at radius 1 is 1.04 bits per heavy atom. The van der Waals surface area contributed by atoms with E-state index in [4.69, 9.17) is 11.6 Å². The van der Waals surface area contributed by atoms with Gasteiger partial charge in [0, 0.05) is 17.1 Å². The Morgan fingerprint density at radius 3 is 2.65 bits per heavy atom. The van der Waals surface area contributed by atoms with Crippen molar-refractivity contribution in [3.8, 4) is 11.5 Å². The van der Waals surface area contributed by atoms with Gasteiger partial charge in [0.2, 0.25) is 0 Å². The topological polar surface area (TPSA) is 43.4 Å². The van der Waals surface area contributed by atoms with Crippen molar-refractivity contribution in [2.24, 2.45) is 0 Å². The molecule has 3 aromatic rings. The molecule has 5 rings (SSSR count). The number of pyridine rings is 1. The van der Waals surface area contributed by atoms with Crippen LogP contribution in [0.15, 0.2) is 42.5 Å². The number of ether oxygens (including phenoxy) is 2. The van der Waals surface area contributed by atoms with Crippen LogP contribution in [0.5, 0.6) is 11.5 Å². The van der Waals surface area contributed by atoms with Crippen LogP contribution in [0.2, 0.25) is 5.02 Å². The number of hydrogen-bond acceptors (Lipinski definition) is 4. The van der Waals surface area contributed by atoms with E-state index in [1.54, 1.807) is 6.07 Å². The fourth-order valence-electron chi connectivity index (χ4n) is 3.11. The Labute approximate surface area is 152 Å². The maximum atomic E-state index is 13.1. The molecule has 26 heavy (non-hydrogen) atoms. The Balaban J connectivity index is 1.45. The van der Waals surface area contributed by atoms with Gasteiger partial charge in [-0.1, -0.05) is 11.6 Å². The Morgan fingerprint density at radius 2 is 1.85 bits per heavy atom. The van der Waals surface area contributed by atoms with E-state index in [0.29, 0.717) is 28.0 Å². The molecule has 1 N–H and O–H groups in total. The van der Waals surface area contributed by atoms with E-state index in [-0.39, 0.29) is 11.5 Å². The van der Waals surface area contributed by atoms with Gasteiger partial charge >= 0.3 is 6.29 Å². The highest BCUT2D eigenvalue weighted by Crippen LogP contribution is 2.43. The van der Waals surface area contributed by atoms with Crippen molar-refractivity contribution in [1.82, 2.24) is 4.98 Å². The molecule has 1 fully saturated rings. The van der Waals surface area contributed by atoms with Gasteiger partial charge in [0.25, 0.3) is 0 Å². The summed E-state index contributed by atoms with van der Waals surface area (Å²) in [6.45, 7) is 0. The van der Waals surface area contributed by atoms with Crippen molar-refractivity contribution in [2.45, 2.75) is 25.1 Å². The molecule has 7 heteroatoms. The fraction of sp³-hybridized carbons (Fsp3) is 0.211. The Hall–Kier alpha value is -2.60. The van der Waals surface area contributed by atoms with Gasteiger partial charge in [0.15, 0.2) is 11.5 Å². The molecule has 132 valence electrons. The molecule has 2 heterocycles. The first-order valence-corrected chi connectivity index (χ1v) is 8.62. The molecule has 2 aliphatic rings. The van der Waals surface area contributed by atoms with Crippen LogP contribution < -0.4 is 14.8 Å². The quantitative estimate of drug-likeness (QED) is 0.626. The summed E-state index contributed by atoms with van der Waals surface area (Å²) in [5, 5.41) is 4.67. The van der Waals surface area contributed by atoms with Crippen LogP contribution in [-0.2, 0) is 0 Å². The number of nitrogens with zero attached hydrogens (tertiary/aromatic N) is 1. The zero-order valence-corrected chi connectivity index (χ0v) is 14.2. The molecule has 1 aromatic heterocycles. The predicted molar refractivity (Wildman–Crippen MR) is 94.7 cm³/mol. The monoisotopic (exact) mass is 374 g/mol. The van der Waals surface area contributed by atoms with E-state index < -0.39 is 6.29 Å². The highest BCUT2D eigenvalue weighted by Gasteiger charge is 2.43. The van der Waals surface area contributed by atoms with Crippen LogP contribution >= 0.6 is 11.6 Å².